The topological polar surface area (TPSA) is 0 Å². The van der Waals surface area contributed by atoms with Crippen LogP contribution in [0.4, 0.5) is 0 Å². The zero-order chi connectivity index (χ0) is 11.8. The molecule has 3 aromatic rings. The van der Waals surface area contributed by atoms with Gasteiger partial charge < -0.3 is 0 Å². The Balaban J connectivity index is 2.55. The van der Waals surface area contributed by atoms with Crippen molar-refractivity contribution in [3.05, 3.63) is 59.7 Å². The van der Waals surface area contributed by atoms with Crippen LogP contribution in [0.3, 0.4) is 0 Å². The Bertz CT molecular complexity index is 693. The van der Waals surface area contributed by atoms with Gasteiger partial charge >= 0.3 is 0 Å². The predicted molar refractivity (Wildman–Crippen MR) is 75.6 cm³/mol. The molecule has 0 bridgehead atoms. The monoisotopic (exact) mass is 220 g/mol. The summed E-state index contributed by atoms with van der Waals surface area (Å²) in [6, 6.07) is 17.6. The lowest BCUT2D eigenvalue weighted by atomic mass is 9.93. The van der Waals surface area contributed by atoms with Crippen LogP contribution in [0.25, 0.3) is 21.5 Å². The molecule has 84 valence electrons. The number of hydrogen-bond donors (Lipinski definition) is 0. The van der Waals surface area contributed by atoms with E-state index in [1.807, 2.05) is 0 Å². The summed E-state index contributed by atoms with van der Waals surface area (Å²) < 4.78 is 0. The van der Waals surface area contributed by atoms with Crippen molar-refractivity contribution >= 4 is 21.5 Å². The number of aryl methyl sites for hydroxylation is 2. The molecule has 0 aliphatic rings. The maximum Gasteiger partial charge on any atom is -0.0116 e. The Morgan fingerprint density at radius 3 is 2.47 bits per heavy atom. The van der Waals surface area contributed by atoms with E-state index < -0.39 is 0 Å². The number of rotatable bonds is 1. The van der Waals surface area contributed by atoms with Gasteiger partial charge in [0.25, 0.3) is 0 Å². The van der Waals surface area contributed by atoms with Gasteiger partial charge in [-0.2, -0.15) is 0 Å². The van der Waals surface area contributed by atoms with E-state index in [-0.39, 0.29) is 0 Å². The first-order valence-corrected chi connectivity index (χ1v) is 6.21. The molecule has 0 unspecified atom stereocenters. The SMILES string of the molecule is CCc1cccc2cc3ccccc3c(C)c12. The second-order valence-corrected chi connectivity index (χ2v) is 4.59. The molecule has 0 saturated heterocycles. The standard InChI is InChI=1S/C17H16/c1-3-13-8-6-9-15-11-14-7-4-5-10-16(14)12(2)17(13)15/h4-11H,3H2,1-2H3. The molecule has 3 aromatic carbocycles. The maximum atomic E-state index is 2.30. The molecule has 0 saturated carbocycles. The minimum Gasteiger partial charge on any atom is -0.0616 e. The molecule has 0 nitrogen and oxygen atoms in total. The quantitative estimate of drug-likeness (QED) is 0.513. The number of hydrogen-bond acceptors (Lipinski definition) is 0. The summed E-state index contributed by atoms with van der Waals surface area (Å²) in [7, 11) is 0. The van der Waals surface area contributed by atoms with Gasteiger partial charge in [-0.3, -0.25) is 0 Å². The lowest BCUT2D eigenvalue weighted by Gasteiger charge is -2.11. The van der Waals surface area contributed by atoms with Gasteiger partial charge in [0.05, 0.1) is 0 Å². The van der Waals surface area contributed by atoms with Gasteiger partial charge in [-0.15, -0.1) is 0 Å². The summed E-state index contributed by atoms with van der Waals surface area (Å²) in [6.07, 6.45) is 1.09. The number of benzene rings is 3. The summed E-state index contributed by atoms with van der Waals surface area (Å²) in [5.41, 5.74) is 2.86. The molecule has 0 aromatic heterocycles. The number of fused-ring (bicyclic) bond motifs is 2. The minimum atomic E-state index is 1.09. The Morgan fingerprint density at radius 1 is 0.882 bits per heavy atom. The first-order chi connectivity index (χ1) is 8.31. The van der Waals surface area contributed by atoms with Crippen LogP contribution in [-0.4, -0.2) is 0 Å². The Labute approximate surface area is 102 Å². The van der Waals surface area contributed by atoms with E-state index in [9.17, 15) is 0 Å². The van der Waals surface area contributed by atoms with Crippen LogP contribution in [0.5, 0.6) is 0 Å². The van der Waals surface area contributed by atoms with E-state index in [2.05, 4.69) is 62.4 Å². The molecular formula is C17H16. The molecule has 3 rings (SSSR count). The fourth-order valence-electron chi connectivity index (χ4n) is 2.76. The third-order valence-corrected chi connectivity index (χ3v) is 3.61. The Morgan fingerprint density at radius 2 is 1.65 bits per heavy atom. The molecule has 0 heterocycles. The van der Waals surface area contributed by atoms with Crippen LogP contribution in [0, 0.1) is 6.92 Å². The Hall–Kier alpha value is -1.82. The largest absolute Gasteiger partial charge is 0.0616 e. The van der Waals surface area contributed by atoms with Gasteiger partial charge in [-0.25, -0.2) is 0 Å². The predicted octanol–water partition coefficient (Wildman–Crippen LogP) is 4.86. The van der Waals surface area contributed by atoms with Gasteiger partial charge in [0, 0.05) is 0 Å². The van der Waals surface area contributed by atoms with Crippen LogP contribution < -0.4 is 0 Å². The van der Waals surface area contributed by atoms with Crippen LogP contribution >= 0.6 is 0 Å². The summed E-state index contributed by atoms with van der Waals surface area (Å²) >= 11 is 0. The second-order valence-electron chi connectivity index (χ2n) is 4.59. The minimum absolute atomic E-state index is 1.09. The van der Waals surface area contributed by atoms with Crippen molar-refractivity contribution in [1.29, 1.82) is 0 Å². The van der Waals surface area contributed by atoms with E-state index in [1.165, 1.54) is 32.7 Å². The highest BCUT2D eigenvalue weighted by molar-refractivity contribution is 6.03. The fraction of sp³-hybridized carbons (Fsp3) is 0.176. The molecule has 0 radical (unpaired) electrons. The molecule has 0 atom stereocenters. The summed E-state index contributed by atoms with van der Waals surface area (Å²) in [6.45, 7) is 4.47. The summed E-state index contributed by atoms with van der Waals surface area (Å²) in [5.74, 6) is 0. The molecule has 0 heteroatoms. The smallest absolute Gasteiger partial charge is 0.0116 e. The highest BCUT2D eigenvalue weighted by atomic mass is 14.1. The van der Waals surface area contributed by atoms with Crippen LogP contribution in [-0.2, 0) is 6.42 Å². The third kappa shape index (κ3) is 1.52. The molecule has 0 aliphatic heterocycles. The van der Waals surface area contributed by atoms with Gasteiger partial charge in [-0.05, 0) is 52.1 Å². The normalized spacial score (nSPS) is 11.2. The van der Waals surface area contributed by atoms with E-state index in [4.69, 9.17) is 0 Å². The third-order valence-electron chi connectivity index (χ3n) is 3.61. The highest BCUT2D eigenvalue weighted by Gasteiger charge is 2.06. The van der Waals surface area contributed by atoms with Crippen molar-refractivity contribution in [2.45, 2.75) is 20.3 Å². The molecule has 17 heavy (non-hydrogen) atoms. The van der Waals surface area contributed by atoms with E-state index >= 15 is 0 Å². The lowest BCUT2D eigenvalue weighted by Crippen LogP contribution is -1.88. The zero-order valence-electron chi connectivity index (χ0n) is 10.3. The lowest BCUT2D eigenvalue weighted by molar-refractivity contribution is 1.16. The molecular weight excluding hydrogens is 204 g/mol. The highest BCUT2D eigenvalue weighted by Crippen LogP contribution is 2.30. The van der Waals surface area contributed by atoms with Crippen molar-refractivity contribution in [2.75, 3.05) is 0 Å². The molecule has 0 spiro atoms. The van der Waals surface area contributed by atoms with Gasteiger partial charge in [0.1, 0.15) is 0 Å². The molecule has 0 fully saturated rings. The van der Waals surface area contributed by atoms with Crippen molar-refractivity contribution in [3.63, 3.8) is 0 Å². The van der Waals surface area contributed by atoms with Gasteiger partial charge in [-0.1, -0.05) is 49.4 Å². The van der Waals surface area contributed by atoms with Crippen molar-refractivity contribution in [2.24, 2.45) is 0 Å². The van der Waals surface area contributed by atoms with Crippen molar-refractivity contribution in [1.82, 2.24) is 0 Å². The van der Waals surface area contributed by atoms with Crippen LogP contribution in [0.1, 0.15) is 18.1 Å². The van der Waals surface area contributed by atoms with Gasteiger partial charge in [0.2, 0.25) is 0 Å². The van der Waals surface area contributed by atoms with E-state index in [0.717, 1.165) is 6.42 Å². The average Bonchev–Trinajstić information content (AvgIpc) is 2.38. The van der Waals surface area contributed by atoms with Crippen LogP contribution in [0.2, 0.25) is 0 Å². The summed E-state index contributed by atoms with van der Waals surface area (Å²) in [4.78, 5) is 0. The maximum absolute atomic E-state index is 2.30. The molecule has 0 aliphatic carbocycles. The second kappa shape index (κ2) is 3.89. The first kappa shape index (κ1) is 10.3. The average molecular weight is 220 g/mol. The van der Waals surface area contributed by atoms with Crippen LogP contribution in [0.15, 0.2) is 48.5 Å². The van der Waals surface area contributed by atoms with Crippen molar-refractivity contribution in [3.8, 4) is 0 Å². The summed E-state index contributed by atoms with van der Waals surface area (Å²) in [5, 5.41) is 5.51. The first-order valence-electron chi connectivity index (χ1n) is 6.21. The van der Waals surface area contributed by atoms with E-state index in [0.29, 0.717) is 0 Å². The molecule has 0 N–H and O–H groups in total. The Kier molecular flexibility index (Phi) is 2.36. The fourth-order valence-corrected chi connectivity index (χ4v) is 2.76. The molecule has 0 amide bonds. The van der Waals surface area contributed by atoms with E-state index in [1.54, 1.807) is 0 Å². The zero-order valence-corrected chi connectivity index (χ0v) is 10.3. The van der Waals surface area contributed by atoms with Gasteiger partial charge in [0.15, 0.2) is 0 Å². The van der Waals surface area contributed by atoms with Crippen molar-refractivity contribution < 1.29 is 0 Å².